The fourth-order valence-electron chi connectivity index (χ4n) is 1.20. The molecular weight excluding hydrogens is 271 g/mol. The minimum Gasteiger partial charge on any atom is -0.468 e. The number of ether oxygens (including phenoxy) is 1. The number of carbonyl (C=O) groups excluding carboxylic acids is 2. The lowest BCUT2D eigenvalue weighted by Gasteiger charge is -2.12. The van der Waals surface area contributed by atoms with Gasteiger partial charge in [0.15, 0.2) is 0 Å². The van der Waals surface area contributed by atoms with Crippen molar-refractivity contribution in [3.63, 3.8) is 0 Å². The SMILES string of the molecule is COC(=O)CSC(C)C(=O)Nc1cc(N)ccc1F. The minimum absolute atomic E-state index is 0.0236. The van der Waals surface area contributed by atoms with Gasteiger partial charge in [-0.3, -0.25) is 9.59 Å². The van der Waals surface area contributed by atoms with Gasteiger partial charge in [-0.25, -0.2) is 4.39 Å². The van der Waals surface area contributed by atoms with E-state index in [9.17, 15) is 14.0 Å². The summed E-state index contributed by atoms with van der Waals surface area (Å²) < 4.78 is 17.9. The van der Waals surface area contributed by atoms with Gasteiger partial charge < -0.3 is 15.8 Å². The molecule has 19 heavy (non-hydrogen) atoms. The maximum atomic E-state index is 13.4. The third-order valence-electron chi connectivity index (χ3n) is 2.30. The van der Waals surface area contributed by atoms with E-state index >= 15 is 0 Å². The number of nitrogens with two attached hydrogens (primary N) is 1. The molecule has 104 valence electrons. The molecule has 0 spiro atoms. The molecule has 1 rings (SSSR count). The van der Waals surface area contributed by atoms with Crippen molar-refractivity contribution in [3.8, 4) is 0 Å². The summed E-state index contributed by atoms with van der Waals surface area (Å²) in [4.78, 5) is 22.7. The normalized spacial score (nSPS) is 11.7. The predicted octanol–water partition coefficient (Wildman–Crippen LogP) is 1.64. The Bertz CT molecular complexity index is 482. The molecule has 0 bridgehead atoms. The molecule has 1 aromatic carbocycles. The number of hydrogen-bond donors (Lipinski definition) is 2. The van der Waals surface area contributed by atoms with Crippen molar-refractivity contribution < 1.29 is 18.7 Å². The van der Waals surface area contributed by atoms with E-state index in [4.69, 9.17) is 5.73 Å². The molecule has 0 aliphatic heterocycles. The van der Waals surface area contributed by atoms with Crippen LogP contribution in [0.2, 0.25) is 0 Å². The van der Waals surface area contributed by atoms with Gasteiger partial charge in [0.25, 0.3) is 0 Å². The summed E-state index contributed by atoms with van der Waals surface area (Å²) in [6.07, 6.45) is 0. The first kappa shape index (κ1) is 15.3. The van der Waals surface area contributed by atoms with Crippen LogP contribution in [0.3, 0.4) is 0 Å². The van der Waals surface area contributed by atoms with Crippen LogP contribution in [-0.4, -0.2) is 30.0 Å². The number of halogens is 1. The number of benzene rings is 1. The number of carbonyl (C=O) groups is 2. The molecule has 1 aromatic rings. The number of nitrogens with one attached hydrogen (secondary N) is 1. The minimum atomic E-state index is -0.562. The van der Waals surface area contributed by atoms with Crippen LogP contribution in [0.1, 0.15) is 6.92 Å². The fourth-order valence-corrected chi connectivity index (χ4v) is 1.91. The highest BCUT2D eigenvalue weighted by Gasteiger charge is 2.17. The van der Waals surface area contributed by atoms with Gasteiger partial charge in [0, 0.05) is 5.69 Å². The highest BCUT2D eigenvalue weighted by molar-refractivity contribution is 8.01. The molecule has 0 radical (unpaired) electrons. The summed E-state index contributed by atoms with van der Waals surface area (Å²) in [7, 11) is 1.27. The van der Waals surface area contributed by atoms with Crippen LogP contribution in [0, 0.1) is 5.82 Å². The fraction of sp³-hybridized carbons (Fsp3) is 0.333. The number of amides is 1. The molecule has 0 saturated heterocycles. The van der Waals surface area contributed by atoms with Crippen molar-refractivity contribution >= 4 is 35.0 Å². The number of methoxy groups -OCH3 is 1. The van der Waals surface area contributed by atoms with Gasteiger partial charge in [-0.2, -0.15) is 0 Å². The Morgan fingerprint density at radius 2 is 2.21 bits per heavy atom. The summed E-state index contributed by atoms with van der Waals surface area (Å²) in [5, 5.41) is 1.91. The predicted molar refractivity (Wildman–Crippen MR) is 73.4 cm³/mol. The maximum Gasteiger partial charge on any atom is 0.315 e. The number of hydrogen-bond acceptors (Lipinski definition) is 5. The van der Waals surface area contributed by atoms with Gasteiger partial charge in [0.1, 0.15) is 5.82 Å². The number of thioether (sulfide) groups is 1. The molecule has 5 nitrogen and oxygen atoms in total. The summed E-state index contributed by atoms with van der Waals surface area (Å²) >= 11 is 1.11. The van der Waals surface area contributed by atoms with Gasteiger partial charge in [-0.05, 0) is 25.1 Å². The van der Waals surface area contributed by atoms with Gasteiger partial charge >= 0.3 is 5.97 Å². The van der Waals surface area contributed by atoms with Crippen molar-refractivity contribution in [1.29, 1.82) is 0 Å². The Morgan fingerprint density at radius 3 is 2.84 bits per heavy atom. The van der Waals surface area contributed by atoms with E-state index < -0.39 is 22.9 Å². The van der Waals surface area contributed by atoms with Gasteiger partial charge in [-0.1, -0.05) is 0 Å². The molecule has 0 saturated carbocycles. The topological polar surface area (TPSA) is 81.4 Å². The van der Waals surface area contributed by atoms with Crippen molar-refractivity contribution in [2.75, 3.05) is 23.9 Å². The van der Waals surface area contributed by atoms with Gasteiger partial charge in [0.2, 0.25) is 5.91 Å². The molecular formula is C12H15FN2O3S. The van der Waals surface area contributed by atoms with Crippen LogP contribution in [0.25, 0.3) is 0 Å². The lowest BCUT2D eigenvalue weighted by Crippen LogP contribution is -2.24. The molecule has 7 heteroatoms. The highest BCUT2D eigenvalue weighted by Crippen LogP contribution is 2.19. The van der Waals surface area contributed by atoms with Crippen LogP contribution in [0.5, 0.6) is 0 Å². The molecule has 1 amide bonds. The number of rotatable bonds is 5. The monoisotopic (exact) mass is 286 g/mol. The number of nitrogen functional groups attached to an aromatic ring is 1. The van der Waals surface area contributed by atoms with E-state index in [0.717, 1.165) is 11.8 Å². The lowest BCUT2D eigenvalue weighted by molar-refractivity contribution is -0.137. The third-order valence-corrected chi connectivity index (χ3v) is 3.41. The Balaban J connectivity index is 2.58. The zero-order chi connectivity index (χ0) is 14.4. The van der Waals surface area contributed by atoms with Crippen molar-refractivity contribution in [1.82, 2.24) is 0 Å². The first-order valence-electron chi connectivity index (χ1n) is 5.48. The Hall–Kier alpha value is -1.76. The molecule has 0 aliphatic carbocycles. The lowest BCUT2D eigenvalue weighted by atomic mass is 10.2. The Labute approximate surface area is 114 Å². The van der Waals surface area contributed by atoms with Crippen molar-refractivity contribution in [2.24, 2.45) is 0 Å². The molecule has 0 aromatic heterocycles. The Morgan fingerprint density at radius 1 is 1.53 bits per heavy atom. The second kappa shape index (κ2) is 6.98. The van der Waals surface area contributed by atoms with Crippen LogP contribution in [0.15, 0.2) is 18.2 Å². The van der Waals surface area contributed by atoms with E-state index in [1.54, 1.807) is 6.92 Å². The van der Waals surface area contributed by atoms with E-state index in [1.807, 2.05) is 0 Å². The zero-order valence-electron chi connectivity index (χ0n) is 10.6. The second-order valence-corrected chi connectivity index (χ2v) is 5.09. The molecule has 3 N–H and O–H groups in total. The van der Waals surface area contributed by atoms with Crippen LogP contribution >= 0.6 is 11.8 Å². The van der Waals surface area contributed by atoms with E-state index in [1.165, 1.54) is 25.3 Å². The van der Waals surface area contributed by atoms with Crippen LogP contribution in [0.4, 0.5) is 15.8 Å². The molecule has 0 aliphatic rings. The van der Waals surface area contributed by atoms with Gasteiger partial charge in [0.05, 0.1) is 23.8 Å². The first-order valence-corrected chi connectivity index (χ1v) is 6.53. The van der Waals surface area contributed by atoms with Crippen molar-refractivity contribution in [3.05, 3.63) is 24.0 Å². The summed E-state index contributed by atoms with van der Waals surface area (Å²) in [5.41, 5.74) is 5.89. The average Bonchev–Trinajstić information content (AvgIpc) is 2.39. The second-order valence-electron chi connectivity index (χ2n) is 3.76. The average molecular weight is 286 g/mol. The summed E-state index contributed by atoms with van der Waals surface area (Å²) in [5.74, 6) is -1.32. The summed E-state index contributed by atoms with van der Waals surface area (Å²) in [6.45, 7) is 1.62. The molecule has 1 unspecified atom stereocenters. The molecule has 0 heterocycles. The third kappa shape index (κ3) is 4.78. The quantitative estimate of drug-likeness (QED) is 0.635. The smallest absolute Gasteiger partial charge is 0.315 e. The van der Waals surface area contributed by atoms with E-state index in [2.05, 4.69) is 10.1 Å². The zero-order valence-corrected chi connectivity index (χ0v) is 11.4. The maximum absolute atomic E-state index is 13.4. The summed E-state index contributed by atoms with van der Waals surface area (Å²) in [6, 6.07) is 3.92. The van der Waals surface area contributed by atoms with E-state index in [0.29, 0.717) is 5.69 Å². The van der Waals surface area contributed by atoms with Crippen LogP contribution in [-0.2, 0) is 14.3 Å². The first-order chi connectivity index (χ1) is 8.93. The van der Waals surface area contributed by atoms with Crippen LogP contribution < -0.4 is 11.1 Å². The number of anilines is 2. The molecule has 0 fully saturated rings. The molecule has 1 atom stereocenters. The van der Waals surface area contributed by atoms with E-state index in [-0.39, 0.29) is 11.4 Å². The largest absolute Gasteiger partial charge is 0.468 e. The highest BCUT2D eigenvalue weighted by atomic mass is 32.2. The number of esters is 1. The Kier molecular flexibility index (Phi) is 5.62. The van der Waals surface area contributed by atoms with Gasteiger partial charge in [-0.15, -0.1) is 11.8 Å². The van der Waals surface area contributed by atoms with Crippen molar-refractivity contribution in [2.45, 2.75) is 12.2 Å². The standard InChI is InChI=1S/C12H15FN2O3S/c1-7(19-6-11(16)18-2)12(17)15-10-5-8(14)3-4-9(10)13/h3-5,7H,6,14H2,1-2H3,(H,15,17).